The van der Waals surface area contributed by atoms with Crippen LogP contribution >= 0.6 is 0 Å². The average Bonchev–Trinajstić information content (AvgIpc) is 2.09. The molecule has 1 aromatic heterocycles. The fourth-order valence-corrected chi connectivity index (χ4v) is 0.926. The van der Waals surface area contributed by atoms with Gasteiger partial charge < -0.3 is 5.11 Å². The monoisotopic (exact) mass is 187 g/mol. The predicted octanol–water partition coefficient (Wildman–Crippen LogP) is 1.85. The Morgan fingerprint density at radius 3 is 2.69 bits per heavy atom. The van der Waals surface area contributed by atoms with Gasteiger partial charge in [0.2, 0.25) is 0 Å². The Morgan fingerprint density at radius 1 is 1.62 bits per heavy atom. The van der Waals surface area contributed by atoms with Crippen molar-refractivity contribution in [2.24, 2.45) is 0 Å². The van der Waals surface area contributed by atoms with Crippen molar-refractivity contribution in [1.82, 2.24) is 4.98 Å². The number of halogens is 2. The van der Waals surface area contributed by atoms with E-state index in [2.05, 4.69) is 4.98 Å². The molecular formula is C8H7F2NO2. The second kappa shape index (κ2) is 3.47. The molecule has 0 atom stereocenters. The van der Waals surface area contributed by atoms with E-state index in [-0.39, 0.29) is 17.5 Å². The van der Waals surface area contributed by atoms with Crippen LogP contribution in [0.25, 0.3) is 0 Å². The lowest BCUT2D eigenvalue weighted by Gasteiger charge is -2.06. The molecular weight excluding hydrogens is 180 g/mol. The second-order valence-electron chi connectivity index (χ2n) is 2.48. The lowest BCUT2D eigenvalue weighted by Crippen LogP contribution is -1.97. The largest absolute Gasteiger partial charge is 0.505 e. The number of aromatic nitrogens is 1. The Balaban J connectivity index is 3.38. The van der Waals surface area contributed by atoms with Crippen LogP contribution in [0.4, 0.5) is 8.78 Å². The minimum atomic E-state index is -2.81. The van der Waals surface area contributed by atoms with Crippen molar-refractivity contribution < 1.29 is 18.7 Å². The molecule has 1 rings (SSSR count). The first-order valence-corrected chi connectivity index (χ1v) is 3.49. The van der Waals surface area contributed by atoms with Crippen LogP contribution in [0.15, 0.2) is 6.20 Å². The molecule has 0 bridgehead atoms. The molecule has 70 valence electrons. The Kier molecular flexibility index (Phi) is 2.55. The van der Waals surface area contributed by atoms with Crippen LogP contribution in [0.5, 0.6) is 5.75 Å². The van der Waals surface area contributed by atoms with Gasteiger partial charge in [-0.1, -0.05) is 0 Å². The minimum absolute atomic E-state index is 0.159. The second-order valence-corrected chi connectivity index (χ2v) is 2.48. The zero-order chi connectivity index (χ0) is 10.0. The Bertz CT molecular complexity index is 339. The first kappa shape index (κ1) is 9.57. The summed E-state index contributed by atoms with van der Waals surface area (Å²) in [4.78, 5) is 13.9. The van der Waals surface area contributed by atoms with Crippen LogP contribution in [0, 0.1) is 6.92 Å². The van der Waals surface area contributed by atoms with Gasteiger partial charge >= 0.3 is 0 Å². The van der Waals surface area contributed by atoms with Crippen LogP contribution < -0.4 is 0 Å². The van der Waals surface area contributed by atoms with Crippen LogP contribution in [0.1, 0.15) is 28.0 Å². The van der Waals surface area contributed by atoms with Gasteiger partial charge in [-0.25, -0.2) is 8.78 Å². The molecule has 5 heteroatoms. The summed E-state index contributed by atoms with van der Waals surface area (Å²) in [5.41, 5.74) is -0.771. The molecule has 0 spiro atoms. The Morgan fingerprint density at radius 2 is 2.23 bits per heavy atom. The number of pyridine rings is 1. The van der Waals surface area contributed by atoms with Gasteiger partial charge in [0.15, 0.2) is 6.29 Å². The SMILES string of the molecule is Cc1ncc(C(F)F)c(C=O)c1O. The van der Waals surface area contributed by atoms with Gasteiger partial charge in [0, 0.05) is 6.20 Å². The lowest BCUT2D eigenvalue weighted by atomic mass is 10.1. The van der Waals surface area contributed by atoms with Gasteiger partial charge in [-0.15, -0.1) is 0 Å². The Labute approximate surface area is 73.0 Å². The van der Waals surface area contributed by atoms with E-state index in [1.165, 1.54) is 6.92 Å². The third kappa shape index (κ3) is 1.63. The van der Waals surface area contributed by atoms with E-state index in [1.807, 2.05) is 0 Å². The summed E-state index contributed by atoms with van der Waals surface area (Å²) in [6, 6.07) is 0. The van der Waals surface area contributed by atoms with Crippen molar-refractivity contribution in [1.29, 1.82) is 0 Å². The van der Waals surface area contributed by atoms with Crippen LogP contribution in [0.2, 0.25) is 0 Å². The van der Waals surface area contributed by atoms with Gasteiger partial charge in [-0.2, -0.15) is 0 Å². The number of hydrogen-bond acceptors (Lipinski definition) is 3. The maximum absolute atomic E-state index is 12.2. The molecule has 0 amide bonds. The van der Waals surface area contributed by atoms with Crippen LogP contribution in [-0.2, 0) is 0 Å². The molecule has 0 unspecified atom stereocenters. The normalized spacial score (nSPS) is 10.5. The van der Waals surface area contributed by atoms with Gasteiger partial charge in [-0.3, -0.25) is 9.78 Å². The summed E-state index contributed by atoms with van der Waals surface area (Å²) < 4.78 is 24.4. The third-order valence-electron chi connectivity index (χ3n) is 1.66. The van der Waals surface area contributed by atoms with Crippen molar-refractivity contribution in [3.63, 3.8) is 0 Å². The van der Waals surface area contributed by atoms with Crippen molar-refractivity contribution in [3.8, 4) is 5.75 Å². The highest BCUT2D eigenvalue weighted by Crippen LogP contribution is 2.28. The molecule has 1 N–H and O–H groups in total. The van der Waals surface area contributed by atoms with E-state index < -0.39 is 17.7 Å². The first-order chi connectivity index (χ1) is 6.07. The number of aryl methyl sites for hydroxylation is 1. The lowest BCUT2D eigenvalue weighted by molar-refractivity contribution is 0.110. The number of carbonyl (C=O) groups is 1. The summed E-state index contributed by atoms with van der Waals surface area (Å²) in [6.07, 6.45) is -1.71. The van der Waals surface area contributed by atoms with Crippen molar-refractivity contribution >= 4 is 6.29 Å². The van der Waals surface area contributed by atoms with Crippen molar-refractivity contribution in [2.45, 2.75) is 13.3 Å². The molecule has 0 aliphatic carbocycles. The van der Waals surface area contributed by atoms with Crippen molar-refractivity contribution in [2.75, 3.05) is 0 Å². The molecule has 3 nitrogen and oxygen atoms in total. The molecule has 0 aromatic carbocycles. The van der Waals surface area contributed by atoms with Gasteiger partial charge in [0.05, 0.1) is 16.8 Å². The van der Waals surface area contributed by atoms with Gasteiger partial charge in [0.1, 0.15) is 5.75 Å². The fraction of sp³-hybridized carbons (Fsp3) is 0.250. The molecule has 0 aliphatic rings. The molecule has 1 heterocycles. The van der Waals surface area contributed by atoms with E-state index in [0.29, 0.717) is 0 Å². The maximum Gasteiger partial charge on any atom is 0.266 e. The topological polar surface area (TPSA) is 50.2 Å². The van der Waals surface area contributed by atoms with E-state index in [1.54, 1.807) is 0 Å². The summed E-state index contributed by atoms with van der Waals surface area (Å²) in [5.74, 6) is -0.479. The highest BCUT2D eigenvalue weighted by molar-refractivity contribution is 5.81. The highest BCUT2D eigenvalue weighted by atomic mass is 19.3. The van der Waals surface area contributed by atoms with E-state index in [0.717, 1.165) is 6.20 Å². The fourth-order valence-electron chi connectivity index (χ4n) is 0.926. The van der Waals surface area contributed by atoms with E-state index >= 15 is 0 Å². The third-order valence-corrected chi connectivity index (χ3v) is 1.66. The summed E-state index contributed by atoms with van der Waals surface area (Å²) in [7, 11) is 0. The molecule has 1 aromatic rings. The zero-order valence-electron chi connectivity index (χ0n) is 6.79. The minimum Gasteiger partial charge on any atom is -0.505 e. The van der Waals surface area contributed by atoms with Crippen LogP contribution in [0.3, 0.4) is 0 Å². The molecule has 0 aliphatic heterocycles. The standard InChI is InChI=1S/C8H7F2NO2/c1-4-7(13)6(3-12)5(2-11-4)8(9)10/h2-3,8,13H,1H3. The number of carbonyl (C=O) groups excluding carboxylic acids is 1. The number of aldehydes is 1. The predicted molar refractivity (Wildman–Crippen MR) is 41.0 cm³/mol. The van der Waals surface area contributed by atoms with Crippen molar-refractivity contribution in [3.05, 3.63) is 23.0 Å². The maximum atomic E-state index is 12.2. The number of alkyl halides is 2. The van der Waals surface area contributed by atoms with E-state index in [4.69, 9.17) is 0 Å². The molecule has 0 radical (unpaired) electrons. The number of hydrogen-bond donors (Lipinski definition) is 1. The van der Waals surface area contributed by atoms with E-state index in [9.17, 15) is 18.7 Å². The molecule has 0 saturated heterocycles. The Hall–Kier alpha value is -1.52. The molecule has 0 fully saturated rings. The zero-order valence-corrected chi connectivity index (χ0v) is 6.79. The number of nitrogens with zero attached hydrogens (tertiary/aromatic N) is 1. The quantitative estimate of drug-likeness (QED) is 0.718. The number of rotatable bonds is 2. The smallest absolute Gasteiger partial charge is 0.266 e. The number of aromatic hydroxyl groups is 1. The summed E-state index contributed by atoms with van der Waals surface area (Å²) in [6.45, 7) is 1.43. The van der Waals surface area contributed by atoms with Gasteiger partial charge in [0.25, 0.3) is 6.43 Å². The summed E-state index contributed by atoms with van der Waals surface area (Å²) in [5, 5.41) is 9.20. The average molecular weight is 187 g/mol. The first-order valence-electron chi connectivity index (χ1n) is 3.49. The summed E-state index contributed by atoms with van der Waals surface area (Å²) >= 11 is 0. The van der Waals surface area contributed by atoms with Crippen LogP contribution in [-0.4, -0.2) is 16.4 Å². The van der Waals surface area contributed by atoms with Gasteiger partial charge in [-0.05, 0) is 6.92 Å². The highest BCUT2D eigenvalue weighted by Gasteiger charge is 2.17. The molecule has 0 saturated carbocycles. The molecule has 13 heavy (non-hydrogen) atoms.